The van der Waals surface area contributed by atoms with Crippen LogP contribution in [-0.2, 0) is 19.7 Å². The Morgan fingerprint density at radius 1 is 1.03 bits per heavy atom. The van der Waals surface area contributed by atoms with Gasteiger partial charge in [0.25, 0.3) is 5.91 Å². The number of esters is 1. The fourth-order valence-electron chi connectivity index (χ4n) is 3.83. The van der Waals surface area contributed by atoms with E-state index in [1.54, 1.807) is 30.3 Å². The van der Waals surface area contributed by atoms with Gasteiger partial charge in [-0.3, -0.25) is 9.59 Å². The van der Waals surface area contributed by atoms with Gasteiger partial charge in [-0.15, -0.1) is 0 Å². The molecule has 2 aromatic carbocycles. The highest BCUT2D eigenvalue weighted by Crippen LogP contribution is 2.42. The fraction of sp³-hybridized carbons (Fsp3) is 0.391. The van der Waals surface area contributed by atoms with Gasteiger partial charge in [-0.2, -0.15) is 0 Å². The number of nitrogens with one attached hydrogen (secondary N) is 1. The number of amides is 1. The van der Waals surface area contributed by atoms with E-state index < -0.39 is 29.2 Å². The Morgan fingerprint density at radius 3 is 2.23 bits per heavy atom. The van der Waals surface area contributed by atoms with Crippen LogP contribution in [0.3, 0.4) is 0 Å². The van der Waals surface area contributed by atoms with Gasteiger partial charge in [0.1, 0.15) is 17.3 Å². The van der Waals surface area contributed by atoms with Crippen molar-refractivity contribution < 1.29 is 28.2 Å². The average Bonchev–Trinajstić information content (AvgIpc) is 3.24. The Labute approximate surface area is 175 Å². The van der Waals surface area contributed by atoms with Crippen LogP contribution in [0.1, 0.15) is 38.2 Å². The highest BCUT2D eigenvalue weighted by Gasteiger charge is 2.45. The van der Waals surface area contributed by atoms with Gasteiger partial charge in [0, 0.05) is 23.9 Å². The Kier molecular flexibility index (Phi) is 6.59. The molecule has 1 aliphatic carbocycles. The van der Waals surface area contributed by atoms with Crippen LogP contribution in [-0.4, -0.2) is 32.2 Å². The van der Waals surface area contributed by atoms with E-state index in [1.165, 1.54) is 33.3 Å². The third-order valence-electron chi connectivity index (χ3n) is 5.50. The van der Waals surface area contributed by atoms with Gasteiger partial charge in [-0.05, 0) is 37.5 Å². The highest BCUT2D eigenvalue weighted by atomic mass is 19.1. The average molecular weight is 415 g/mol. The first kappa shape index (κ1) is 21.6. The minimum absolute atomic E-state index is 0.399. The summed E-state index contributed by atoms with van der Waals surface area (Å²) < 4.78 is 29.7. The van der Waals surface area contributed by atoms with Gasteiger partial charge >= 0.3 is 5.97 Å². The normalized spacial score (nSPS) is 15.9. The Bertz CT molecular complexity index is 901. The molecule has 0 spiro atoms. The van der Waals surface area contributed by atoms with Gasteiger partial charge in [0.15, 0.2) is 6.10 Å². The molecule has 30 heavy (non-hydrogen) atoms. The largest absolute Gasteiger partial charge is 0.497 e. The van der Waals surface area contributed by atoms with Crippen molar-refractivity contribution in [2.45, 2.75) is 44.1 Å². The number of hydrogen-bond donors (Lipinski definition) is 1. The van der Waals surface area contributed by atoms with Crippen LogP contribution in [0.2, 0.25) is 0 Å². The quantitative estimate of drug-likeness (QED) is 0.686. The van der Waals surface area contributed by atoms with Crippen LogP contribution >= 0.6 is 0 Å². The minimum Gasteiger partial charge on any atom is -0.497 e. The molecule has 0 aliphatic heterocycles. The van der Waals surface area contributed by atoms with Crippen molar-refractivity contribution in [2.24, 2.45) is 0 Å². The van der Waals surface area contributed by atoms with E-state index in [1.807, 2.05) is 0 Å². The van der Waals surface area contributed by atoms with Crippen molar-refractivity contribution in [2.75, 3.05) is 19.5 Å². The maximum Gasteiger partial charge on any atom is 0.317 e. The maximum atomic E-state index is 13.8. The zero-order chi connectivity index (χ0) is 21.7. The Balaban J connectivity index is 1.73. The van der Waals surface area contributed by atoms with Crippen LogP contribution < -0.4 is 14.8 Å². The molecule has 1 atom stereocenters. The molecule has 0 radical (unpaired) electrons. The first-order valence-electron chi connectivity index (χ1n) is 9.89. The van der Waals surface area contributed by atoms with Crippen LogP contribution in [0.5, 0.6) is 11.5 Å². The number of ether oxygens (including phenoxy) is 3. The van der Waals surface area contributed by atoms with Gasteiger partial charge in [-0.25, -0.2) is 4.39 Å². The molecule has 6 nitrogen and oxygen atoms in total. The number of methoxy groups -OCH3 is 2. The zero-order valence-electron chi connectivity index (χ0n) is 17.4. The van der Waals surface area contributed by atoms with Crippen LogP contribution in [0.25, 0.3) is 0 Å². The summed E-state index contributed by atoms with van der Waals surface area (Å²) in [5.74, 6) is -0.345. The SMILES string of the molecule is COc1cc(NC(=O)C(C)OC(=O)C2(c3cccc(F)c3)CCCC2)cc(OC)c1. The molecule has 1 unspecified atom stereocenters. The summed E-state index contributed by atoms with van der Waals surface area (Å²) in [6, 6.07) is 11.0. The number of halogens is 1. The van der Waals surface area contributed by atoms with Crippen molar-refractivity contribution in [1.82, 2.24) is 0 Å². The maximum absolute atomic E-state index is 13.8. The molecule has 0 bridgehead atoms. The second-order valence-corrected chi connectivity index (χ2v) is 7.44. The molecule has 160 valence electrons. The van der Waals surface area contributed by atoms with E-state index in [-0.39, 0.29) is 0 Å². The van der Waals surface area contributed by atoms with Crippen LogP contribution in [0.4, 0.5) is 10.1 Å². The topological polar surface area (TPSA) is 73.9 Å². The molecule has 0 saturated heterocycles. The second kappa shape index (κ2) is 9.15. The predicted molar refractivity (Wildman–Crippen MR) is 110 cm³/mol. The first-order chi connectivity index (χ1) is 14.4. The number of anilines is 1. The standard InChI is InChI=1S/C23H26FNO5/c1-15(21(26)25-18-12-19(28-2)14-20(13-18)29-3)30-22(27)23(9-4-5-10-23)16-7-6-8-17(24)11-16/h6-8,11-15H,4-5,9-10H2,1-3H3,(H,25,26). The summed E-state index contributed by atoms with van der Waals surface area (Å²) in [5, 5.41) is 2.71. The third kappa shape index (κ3) is 4.56. The van der Waals surface area contributed by atoms with Crippen molar-refractivity contribution in [3.63, 3.8) is 0 Å². The van der Waals surface area contributed by atoms with E-state index in [0.29, 0.717) is 35.6 Å². The van der Waals surface area contributed by atoms with Gasteiger partial charge in [-0.1, -0.05) is 25.0 Å². The fourth-order valence-corrected chi connectivity index (χ4v) is 3.83. The Morgan fingerprint density at radius 2 is 1.67 bits per heavy atom. The molecular formula is C23H26FNO5. The molecule has 7 heteroatoms. The number of hydrogen-bond acceptors (Lipinski definition) is 5. The van der Waals surface area contributed by atoms with Crippen molar-refractivity contribution in [1.29, 1.82) is 0 Å². The van der Waals surface area contributed by atoms with Gasteiger partial charge in [0.2, 0.25) is 0 Å². The van der Waals surface area contributed by atoms with Crippen LogP contribution in [0, 0.1) is 5.82 Å². The minimum atomic E-state index is -1.03. The van der Waals surface area contributed by atoms with Gasteiger partial charge < -0.3 is 19.5 Å². The lowest BCUT2D eigenvalue weighted by molar-refractivity contribution is -0.159. The summed E-state index contributed by atoms with van der Waals surface area (Å²) in [5.41, 5.74) is 0.130. The third-order valence-corrected chi connectivity index (χ3v) is 5.50. The zero-order valence-corrected chi connectivity index (χ0v) is 17.4. The number of rotatable bonds is 7. The molecule has 1 N–H and O–H groups in total. The summed E-state index contributed by atoms with van der Waals surface area (Å²) in [4.78, 5) is 25.7. The molecule has 0 aromatic heterocycles. The summed E-state index contributed by atoms with van der Waals surface area (Å²) in [7, 11) is 3.02. The molecular weight excluding hydrogens is 389 g/mol. The summed E-state index contributed by atoms with van der Waals surface area (Å²) in [6.07, 6.45) is 1.79. The number of carbonyl (C=O) groups is 2. The Hall–Kier alpha value is -3.09. The molecule has 1 saturated carbocycles. The lowest BCUT2D eigenvalue weighted by Crippen LogP contribution is -2.40. The van der Waals surface area contributed by atoms with E-state index in [0.717, 1.165) is 12.8 Å². The molecule has 2 aromatic rings. The number of benzene rings is 2. The van der Waals surface area contributed by atoms with E-state index in [9.17, 15) is 14.0 Å². The smallest absolute Gasteiger partial charge is 0.317 e. The number of carbonyl (C=O) groups excluding carboxylic acids is 2. The van der Waals surface area contributed by atoms with Crippen molar-refractivity contribution in [3.05, 3.63) is 53.8 Å². The van der Waals surface area contributed by atoms with E-state index >= 15 is 0 Å². The molecule has 0 heterocycles. The predicted octanol–water partition coefficient (Wildman–Crippen LogP) is 4.23. The molecule has 1 aliphatic rings. The highest BCUT2D eigenvalue weighted by molar-refractivity contribution is 5.96. The van der Waals surface area contributed by atoms with Crippen molar-refractivity contribution in [3.8, 4) is 11.5 Å². The molecule has 3 rings (SSSR count). The summed E-state index contributed by atoms with van der Waals surface area (Å²) >= 11 is 0. The van der Waals surface area contributed by atoms with Crippen molar-refractivity contribution >= 4 is 17.6 Å². The monoisotopic (exact) mass is 415 g/mol. The summed E-state index contributed by atoms with van der Waals surface area (Å²) in [6.45, 7) is 1.51. The first-order valence-corrected chi connectivity index (χ1v) is 9.89. The molecule has 1 amide bonds. The van der Waals surface area contributed by atoms with E-state index in [2.05, 4.69) is 5.32 Å². The van der Waals surface area contributed by atoms with Crippen LogP contribution in [0.15, 0.2) is 42.5 Å². The lowest BCUT2D eigenvalue weighted by atomic mass is 9.79. The molecule has 1 fully saturated rings. The van der Waals surface area contributed by atoms with Gasteiger partial charge in [0.05, 0.1) is 19.6 Å². The lowest BCUT2D eigenvalue weighted by Gasteiger charge is -2.28. The second-order valence-electron chi connectivity index (χ2n) is 7.44. The van der Waals surface area contributed by atoms with E-state index in [4.69, 9.17) is 14.2 Å².